The van der Waals surface area contributed by atoms with Gasteiger partial charge in [0.2, 0.25) is 0 Å². The smallest absolute Gasteiger partial charge is 0.151 e. The molecule has 0 saturated carbocycles. The molecule has 5 nitrogen and oxygen atoms in total. The number of aromatic amines is 1. The Labute approximate surface area is 159 Å². The van der Waals surface area contributed by atoms with Crippen molar-refractivity contribution in [2.75, 3.05) is 5.32 Å². The third-order valence-electron chi connectivity index (χ3n) is 4.57. The standard InChI is InChI=1S/C21H16N4OS/c26-11-14-10-22-17-7-6-15(8-16(14)17)25-21-20-18(23-12-24-21)9-19(27-20)13-4-2-1-3-5-13/h1-10,12,22,26H,11H2,(H,23,24,25). The molecule has 6 heteroatoms. The van der Waals surface area contributed by atoms with Gasteiger partial charge < -0.3 is 15.4 Å². The van der Waals surface area contributed by atoms with Crippen molar-refractivity contribution in [1.29, 1.82) is 0 Å². The number of aliphatic hydroxyl groups is 1. The minimum atomic E-state index is 0.00651. The van der Waals surface area contributed by atoms with E-state index in [2.05, 4.69) is 38.5 Å². The summed E-state index contributed by atoms with van der Waals surface area (Å²) in [5.41, 5.74) is 4.90. The van der Waals surface area contributed by atoms with Crippen LogP contribution in [-0.2, 0) is 6.61 Å². The van der Waals surface area contributed by atoms with Crippen LogP contribution in [0.4, 0.5) is 11.5 Å². The lowest BCUT2D eigenvalue weighted by molar-refractivity contribution is 0.283. The van der Waals surface area contributed by atoms with Crippen LogP contribution in [0.25, 0.3) is 31.6 Å². The molecule has 0 aliphatic heterocycles. The monoisotopic (exact) mass is 372 g/mol. The fourth-order valence-electron chi connectivity index (χ4n) is 3.21. The van der Waals surface area contributed by atoms with E-state index in [4.69, 9.17) is 0 Å². The number of thiophene rings is 1. The summed E-state index contributed by atoms with van der Waals surface area (Å²) in [4.78, 5) is 13.2. The molecular weight excluding hydrogens is 356 g/mol. The zero-order chi connectivity index (χ0) is 18.2. The van der Waals surface area contributed by atoms with Gasteiger partial charge in [0.1, 0.15) is 6.33 Å². The van der Waals surface area contributed by atoms with Gasteiger partial charge in [-0.05, 0) is 29.8 Å². The van der Waals surface area contributed by atoms with Crippen LogP contribution in [0, 0.1) is 0 Å². The molecule has 0 aliphatic carbocycles. The predicted octanol–water partition coefficient (Wildman–Crippen LogP) is 5.08. The van der Waals surface area contributed by atoms with Crippen LogP contribution in [0.15, 0.2) is 67.1 Å². The molecule has 132 valence electrons. The molecule has 3 heterocycles. The van der Waals surface area contributed by atoms with Crippen LogP contribution in [0.3, 0.4) is 0 Å². The van der Waals surface area contributed by atoms with Crippen LogP contribution in [0.5, 0.6) is 0 Å². The van der Waals surface area contributed by atoms with E-state index in [1.54, 1.807) is 17.7 Å². The van der Waals surface area contributed by atoms with Gasteiger partial charge in [0, 0.05) is 33.2 Å². The highest BCUT2D eigenvalue weighted by Gasteiger charge is 2.11. The summed E-state index contributed by atoms with van der Waals surface area (Å²) in [6.07, 6.45) is 3.42. The summed E-state index contributed by atoms with van der Waals surface area (Å²) in [6, 6.07) is 18.4. The number of rotatable bonds is 4. The molecule has 0 amide bonds. The maximum absolute atomic E-state index is 9.50. The van der Waals surface area contributed by atoms with Gasteiger partial charge in [-0.1, -0.05) is 30.3 Å². The molecule has 0 saturated heterocycles. The number of nitrogens with one attached hydrogen (secondary N) is 2. The lowest BCUT2D eigenvalue weighted by Gasteiger charge is -2.07. The number of H-pyrrole nitrogens is 1. The Morgan fingerprint density at radius 1 is 1.04 bits per heavy atom. The van der Waals surface area contributed by atoms with Crippen molar-refractivity contribution in [3.05, 3.63) is 72.7 Å². The number of anilines is 2. The zero-order valence-electron chi connectivity index (χ0n) is 14.3. The highest BCUT2D eigenvalue weighted by atomic mass is 32.1. The molecule has 2 aromatic carbocycles. The quantitative estimate of drug-likeness (QED) is 0.411. The molecule has 0 bridgehead atoms. The number of hydrogen-bond acceptors (Lipinski definition) is 5. The molecule has 5 aromatic rings. The average molecular weight is 372 g/mol. The van der Waals surface area contributed by atoms with Gasteiger partial charge in [0.25, 0.3) is 0 Å². The summed E-state index contributed by atoms with van der Waals surface area (Å²) >= 11 is 1.68. The topological polar surface area (TPSA) is 73.8 Å². The minimum Gasteiger partial charge on any atom is -0.392 e. The molecule has 0 fully saturated rings. The van der Waals surface area contributed by atoms with Gasteiger partial charge in [-0.25, -0.2) is 9.97 Å². The molecule has 27 heavy (non-hydrogen) atoms. The van der Waals surface area contributed by atoms with Crippen LogP contribution in [0.2, 0.25) is 0 Å². The second-order valence-corrected chi connectivity index (χ2v) is 7.32. The predicted molar refractivity (Wildman–Crippen MR) is 110 cm³/mol. The molecule has 5 rings (SSSR count). The van der Waals surface area contributed by atoms with Crippen LogP contribution >= 0.6 is 11.3 Å². The molecule has 0 spiro atoms. The Morgan fingerprint density at radius 2 is 1.93 bits per heavy atom. The number of aliphatic hydroxyl groups excluding tert-OH is 1. The average Bonchev–Trinajstić information content (AvgIpc) is 3.33. The van der Waals surface area contributed by atoms with Gasteiger partial charge in [-0.3, -0.25) is 0 Å². The summed E-state index contributed by atoms with van der Waals surface area (Å²) in [5.74, 6) is 0.785. The largest absolute Gasteiger partial charge is 0.392 e. The van der Waals surface area contributed by atoms with E-state index in [0.29, 0.717) is 0 Å². The lowest BCUT2D eigenvalue weighted by atomic mass is 10.1. The number of hydrogen-bond donors (Lipinski definition) is 3. The second-order valence-electron chi connectivity index (χ2n) is 6.27. The maximum atomic E-state index is 9.50. The van der Waals surface area contributed by atoms with Gasteiger partial charge in [0.05, 0.1) is 16.8 Å². The first kappa shape index (κ1) is 16.0. The van der Waals surface area contributed by atoms with Crippen molar-refractivity contribution in [2.24, 2.45) is 0 Å². The van der Waals surface area contributed by atoms with E-state index in [-0.39, 0.29) is 6.61 Å². The number of benzene rings is 2. The molecule has 0 radical (unpaired) electrons. The molecule has 0 aliphatic rings. The van der Waals surface area contributed by atoms with Crippen molar-refractivity contribution < 1.29 is 5.11 Å². The number of fused-ring (bicyclic) bond motifs is 2. The molecule has 3 aromatic heterocycles. The summed E-state index contributed by atoms with van der Waals surface area (Å²) in [6.45, 7) is 0.00651. The first-order valence-electron chi connectivity index (χ1n) is 8.60. The maximum Gasteiger partial charge on any atom is 0.151 e. The first-order chi connectivity index (χ1) is 13.3. The normalized spacial score (nSPS) is 11.3. The Morgan fingerprint density at radius 3 is 2.78 bits per heavy atom. The highest BCUT2D eigenvalue weighted by Crippen LogP contribution is 2.36. The SMILES string of the molecule is OCc1c[nH]c2ccc(Nc3ncnc4cc(-c5ccccc5)sc34)cc12. The van der Waals surface area contributed by atoms with Gasteiger partial charge in [0.15, 0.2) is 5.82 Å². The van der Waals surface area contributed by atoms with Crippen LogP contribution in [-0.4, -0.2) is 20.1 Å². The van der Waals surface area contributed by atoms with Crippen LogP contribution < -0.4 is 5.32 Å². The fourth-order valence-corrected chi connectivity index (χ4v) is 4.27. The molecular formula is C21H16N4OS. The Kier molecular flexibility index (Phi) is 3.85. The summed E-state index contributed by atoms with van der Waals surface area (Å²) in [5, 5.41) is 13.9. The third-order valence-corrected chi connectivity index (χ3v) is 5.75. The third kappa shape index (κ3) is 2.85. The fraction of sp³-hybridized carbons (Fsp3) is 0.0476. The van der Waals surface area contributed by atoms with E-state index >= 15 is 0 Å². The van der Waals surface area contributed by atoms with E-state index < -0.39 is 0 Å². The van der Waals surface area contributed by atoms with Gasteiger partial charge >= 0.3 is 0 Å². The highest BCUT2D eigenvalue weighted by molar-refractivity contribution is 7.22. The van der Waals surface area contributed by atoms with Crippen molar-refractivity contribution in [3.63, 3.8) is 0 Å². The molecule has 0 atom stereocenters. The Hall–Kier alpha value is -3.22. The van der Waals surface area contributed by atoms with Crippen LogP contribution in [0.1, 0.15) is 5.56 Å². The zero-order valence-corrected chi connectivity index (χ0v) is 15.1. The van der Waals surface area contributed by atoms with Gasteiger partial charge in [-0.2, -0.15) is 0 Å². The first-order valence-corrected chi connectivity index (χ1v) is 9.41. The summed E-state index contributed by atoms with van der Waals surface area (Å²) in [7, 11) is 0. The Balaban J connectivity index is 1.56. The Bertz CT molecular complexity index is 1240. The molecule has 3 N–H and O–H groups in total. The van der Waals surface area contributed by atoms with Crippen molar-refractivity contribution in [3.8, 4) is 10.4 Å². The van der Waals surface area contributed by atoms with Crippen molar-refractivity contribution >= 4 is 44.0 Å². The van der Waals surface area contributed by atoms with Crippen molar-refractivity contribution in [2.45, 2.75) is 6.61 Å². The second kappa shape index (κ2) is 6.50. The van der Waals surface area contributed by atoms with Gasteiger partial charge in [-0.15, -0.1) is 11.3 Å². The van der Waals surface area contributed by atoms with E-state index in [0.717, 1.165) is 43.1 Å². The minimum absolute atomic E-state index is 0.00651. The summed E-state index contributed by atoms with van der Waals surface area (Å²) < 4.78 is 1.02. The van der Waals surface area contributed by atoms with Crippen molar-refractivity contribution in [1.82, 2.24) is 15.0 Å². The number of nitrogens with zero attached hydrogens (tertiary/aromatic N) is 2. The van der Waals surface area contributed by atoms with E-state index in [1.165, 1.54) is 5.56 Å². The van der Waals surface area contributed by atoms with E-state index in [9.17, 15) is 5.11 Å². The lowest BCUT2D eigenvalue weighted by Crippen LogP contribution is -1.94. The van der Waals surface area contributed by atoms with E-state index in [1.807, 2.05) is 42.6 Å². The number of aromatic nitrogens is 3. The molecule has 0 unspecified atom stereocenters.